The van der Waals surface area contributed by atoms with Gasteiger partial charge in [0.2, 0.25) is 0 Å². The number of aliphatic hydroxyl groups excluding tert-OH is 3. The van der Waals surface area contributed by atoms with Crippen LogP contribution in [-0.2, 0) is 0 Å². The first-order chi connectivity index (χ1) is 6.22. The lowest BCUT2D eigenvalue weighted by Gasteiger charge is -1.96. The molecule has 0 aliphatic rings. The van der Waals surface area contributed by atoms with E-state index in [0.717, 1.165) is 25.9 Å². The van der Waals surface area contributed by atoms with E-state index in [2.05, 4.69) is 0 Å². The van der Waals surface area contributed by atoms with E-state index < -0.39 is 6.10 Å². The van der Waals surface area contributed by atoms with E-state index in [1.165, 1.54) is 6.42 Å². The zero-order chi connectivity index (χ0) is 10.5. The van der Waals surface area contributed by atoms with E-state index in [9.17, 15) is 0 Å². The molecule has 0 aliphatic heterocycles. The summed E-state index contributed by atoms with van der Waals surface area (Å²) in [5, 5.41) is 24.0. The number of rotatable bonds is 6. The molecule has 0 rings (SSSR count). The van der Waals surface area contributed by atoms with E-state index in [1.54, 1.807) is 0 Å². The molecule has 5 heteroatoms. The lowest BCUT2D eigenvalue weighted by molar-refractivity contribution is 0.0450. The van der Waals surface area contributed by atoms with E-state index in [1.807, 2.05) is 0 Å². The van der Waals surface area contributed by atoms with Gasteiger partial charge in [-0.15, -0.1) is 0 Å². The molecule has 0 bridgehead atoms. The zero-order valence-electron chi connectivity index (χ0n) is 8.02. The van der Waals surface area contributed by atoms with Gasteiger partial charge in [0.25, 0.3) is 0 Å². The number of aliphatic hydroxyl groups is 3. The van der Waals surface area contributed by atoms with Crippen LogP contribution in [-0.4, -0.2) is 47.7 Å². The summed E-state index contributed by atoms with van der Waals surface area (Å²) in [7, 11) is 0. The van der Waals surface area contributed by atoms with Crippen molar-refractivity contribution in [2.24, 2.45) is 11.5 Å². The predicted molar refractivity (Wildman–Crippen MR) is 52.1 cm³/mol. The Morgan fingerprint density at radius 1 is 0.846 bits per heavy atom. The van der Waals surface area contributed by atoms with Crippen LogP contribution in [0.25, 0.3) is 0 Å². The van der Waals surface area contributed by atoms with Crippen molar-refractivity contribution >= 4 is 0 Å². The van der Waals surface area contributed by atoms with Gasteiger partial charge >= 0.3 is 0 Å². The summed E-state index contributed by atoms with van der Waals surface area (Å²) >= 11 is 0. The lowest BCUT2D eigenvalue weighted by Crippen LogP contribution is -2.15. The fraction of sp³-hybridized carbons (Fsp3) is 1.00. The number of nitrogens with two attached hydrogens (primary N) is 2. The first-order valence-corrected chi connectivity index (χ1v) is 4.52. The molecule has 0 aromatic carbocycles. The van der Waals surface area contributed by atoms with Crippen LogP contribution in [0.15, 0.2) is 0 Å². The smallest absolute Gasteiger partial charge is 0.100 e. The highest BCUT2D eigenvalue weighted by Gasteiger charge is 1.93. The summed E-state index contributed by atoms with van der Waals surface area (Å²) < 4.78 is 0. The largest absolute Gasteiger partial charge is 0.394 e. The van der Waals surface area contributed by atoms with Gasteiger partial charge in [-0.2, -0.15) is 0 Å². The Balaban J connectivity index is 0. The quantitative estimate of drug-likeness (QED) is 0.327. The standard InChI is InChI=1S/C5H14N2.C3H8O3/c6-4-2-1-3-5-7;4-1-3(6)2-5/h1-7H2;3-6H,1-2H2. The summed E-state index contributed by atoms with van der Waals surface area (Å²) in [6, 6.07) is 0. The van der Waals surface area contributed by atoms with Gasteiger partial charge in [-0.25, -0.2) is 0 Å². The molecule has 0 saturated heterocycles. The van der Waals surface area contributed by atoms with E-state index in [-0.39, 0.29) is 13.2 Å². The molecule has 0 aromatic rings. The Morgan fingerprint density at radius 2 is 1.23 bits per heavy atom. The number of hydrogen-bond acceptors (Lipinski definition) is 5. The summed E-state index contributed by atoms with van der Waals surface area (Å²) in [5.74, 6) is 0. The summed E-state index contributed by atoms with van der Waals surface area (Å²) in [4.78, 5) is 0. The fourth-order valence-corrected chi connectivity index (χ4v) is 0.523. The van der Waals surface area contributed by atoms with Gasteiger partial charge in [-0.05, 0) is 25.9 Å². The predicted octanol–water partition coefficient (Wildman–Crippen LogP) is -1.59. The average molecular weight is 194 g/mol. The van der Waals surface area contributed by atoms with E-state index >= 15 is 0 Å². The van der Waals surface area contributed by atoms with Crippen molar-refractivity contribution in [1.29, 1.82) is 0 Å². The Morgan fingerprint density at radius 3 is 1.38 bits per heavy atom. The van der Waals surface area contributed by atoms with Crippen LogP contribution in [0.3, 0.4) is 0 Å². The molecule has 0 radical (unpaired) electrons. The second kappa shape index (κ2) is 14.3. The first kappa shape index (κ1) is 15.3. The molecule has 0 aromatic heterocycles. The van der Waals surface area contributed by atoms with Crippen molar-refractivity contribution < 1.29 is 15.3 Å². The highest BCUT2D eigenvalue weighted by atomic mass is 16.3. The van der Waals surface area contributed by atoms with Crippen LogP contribution in [0.4, 0.5) is 0 Å². The number of hydrogen-bond donors (Lipinski definition) is 5. The molecule has 0 aliphatic carbocycles. The highest BCUT2D eigenvalue weighted by molar-refractivity contribution is 4.44. The monoisotopic (exact) mass is 194 g/mol. The van der Waals surface area contributed by atoms with Gasteiger partial charge in [0, 0.05) is 0 Å². The third-order valence-electron chi connectivity index (χ3n) is 1.33. The maximum Gasteiger partial charge on any atom is 0.100 e. The summed E-state index contributed by atoms with van der Waals surface area (Å²) in [6.45, 7) is 0.882. The van der Waals surface area contributed by atoms with Crippen LogP contribution in [0.1, 0.15) is 19.3 Å². The van der Waals surface area contributed by atoms with Crippen LogP contribution in [0.5, 0.6) is 0 Å². The molecule has 0 spiro atoms. The molecule has 0 fully saturated rings. The van der Waals surface area contributed by atoms with Crippen molar-refractivity contribution in [3.63, 3.8) is 0 Å². The number of unbranched alkanes of at least 4 members (excludes halogenated alkanes) is 2. The Bertz CT molecular complexity index is 75.8. The van der Waals surface area contributed by atoms with E-state index in [4.69, 9.17) is 26.8 Å². The van der Waals surface area contributed by atoms with Crippen LogP contribution >= 0.6 is 0 Å². The van der Waals surface area contributed by atoms with Gasteiger partial charge in [-0.3, -0.25) is 0 Å². The van der Waals surface area contributed by atoms with Crippen LogP contribution in [0, 0.1) is 0 Å². The Hall–Kier alpha value is -0.200. The molecule has 13 heavy (non-hydrogen) atoms. The normalized spacial score (nSPS) is 9.69. The molecule has 0 saturated carbocycles. The third kappa shape index (κ3) is 18.6. The first-order valence-electron chi connectivity index (χ1n) is 4.52. The Labute approximate surface area is 79.4 Å². The lowest BCUT2D eigenvalue weighted by atomic mass is 10.2. The van der Waals surface area contributed by atoms with Gasteiger partial charge in [0.15, 0.2) is 0 Å². The van der Waals surface area contributed by atoms with Gasteiger partial charge < -0.3 is 26.8 Å². The van der Waals surface area contributed by atoms with Crippen molar-refractivity contribution in [3.05, 3.63) is 0 Å². The minimum Gasteiger partial charge on any atom is -0.394 e. The highest BCUT2D eigenvalue weighted by Crippen LogP contribution is 1.88. The molecule has 82 valence electrons. The van der Waals surface area contributed by atoms with Gasteiger partial charge in [0.05, 0.1) is 13.2 Å². The summed E-state index contributed by atoms with van der Waals surface area (Å²) in [5.41, 5.74) is 10.5. The van der Waals surface area contributed by atoms with Crippen molar-refractivity contribution in [1.82, 2.24) is 0 Å². The van der Waals surface area contributed by atoms with Crippen molar-refractivity contribution in [2.45, 2.75) is 25.4 Å². The minimum absolute atomic E-state index is 0.365. The second-order valence-corrected chi connectivity index (χ2v) is 2.66. The third-order valence-corrected chi connectivity index (χ3v) is 1.33. The Kier molecular flexibility index (Phi) is 16.8. The summed E-state index contributed by atoms with van der Waals surface area (Å²) in [6.07, 6.45) is 2.48. The average Bonchev–Trinajstić information content (AvgIpc) is 2.18. The van der Waals surface area contributed by atoms with Crippen LogP contribution < -0.4 is 11.5 Å². The van der Waals surface area contributed by atoms with Crippen molar-refractivity contribution in [3.8, 4) is 0 Å². The molecular weight excluding hydrogens is 172 g/mol. The molecule has 0 heterocycles. The SMILES string of the molecule is NCCCCCN.OCC(O)CO. The molecule has 0 atom stereocenters. The molecule has 7 N–H and O–H groups in total. The topological polar surface area (TPSA) is 113 Å². The van der Waals surface area contributed by atoms with Crippen molar-refractivity contribution in [2.75, 3.05) is 26.3 Å². The van der Waals surface area contributed by atoms with E-state index in [0.29, 0.717) is 0 Å². The maximum atomic E-state index is 8.17. The fourth-order valence-electron chi connectivity index (χ4n) is 0.523. The molecule has 0 unspecified atom stereocenters. The van der Waals surface area contributed by atoms with Crippen LogP contribution in [0.2, 0.25) is 0 Å². The zero-order valence-corrected chi connectivity index (χ0v) is 8.02. The molecular formula is C8H22N2O3. The molecule has 0 amide bonds. The minimum atomic E-state index is -0.954. The second-order valence-electron chi connectivity index (χ2n) is 2.66. The maximum absolute atomic E-state index is 8.17. The van der Waals surface area contributed by atoms with Gasteiger partial charge in [0.1, 0.15) is 6.10 Å². The molecule has 5 nitrogen and oxygen atoms in total. The van der Waals surface area contributed by atoms with Gasteiger partial charge in [-0.1, -0.05) is 6.42 Å².